The smallest absolute Gasteiger partial charge is 0.328 e. The van der Waals surface area contributed by atoms with Gasteiger partial charge in [0.05, 0.1) is 0 Å². The van der Waals surface area contributed by atoms with E-state index in [1.165, 1.54) is 0 Å². The Morgan fingerprint density at radius 2 is 2.00 bits per heavy atom. The third kappa shape index (κ3) is 1.70. The fraction of sp³-hybridized carbons (Fsp3) is 0.300. The molecule has 0 saturated carbocycles. The minimum absolute atomic E-state index is 0.381. The first-order valence-corrected chi connectivity index (χ1v) is 4.19. The van der Waals surface area contributed by atoms with Gasteiger partial charge >= 0.3 is 5.97 Å². The van der Waals surface area contributed by atoms with Crippen molar-refractivity contribution in [1.29, 1.82) is 0 Å². The summed E-state index contributed by atoms with van der Waals surface area (Å²) in [5.74, 6) is -0.985. The van der Waals surface area contributed by atoms with E-state index in [4.69, 9.17) is 10.8 Å². The second-order valence-corrected chi connectivity index (χ2v) is 3.00. The van der Waals surface area contributed by atoms with Gasteiger partial charge in [-0.2, -0.15) is 0 Å². The molecule has 1 atom stereocenters. The zero-order chi connectivity index (χ0) is 9.90. The summed E-state index contributed by atoms with van der Waals surface area (Å²) in [5, 5.41) is 8.96. The molecule has 3 heteroatoms. The summed E-state index contributed by atoms with van der Waals surface area (Å²) in [4.78, 5) is 10.9. The molecule has 0 amide bonds. The number of carboxylic acids is 1. The van der Waals surface area contributed by atoms with Crippen LogP contribution in [0.2, 0.25) is 0 Å². The molecule has 0 heterocycles. The van der Waals surface area contributed by atoms with Crippen LogP contribution in [-0.2, 0) is 10.3 Å². The van der Waals surface area contributed by atoms with Crippen LogP contribution in [0.15, 0.2) is 30.3 Å². The molecule has 0 aromatic heterocycles. The van der Waals surface area contributed by atoms with E-state index in [-0.39, 0.29) is 0 Å². The highest BCUT2D eigenvalue weighted by atomic mass is 16.4. The quantitative estimate of drug-likeness (QED) is 0.735. The molecule has 0 radical (unpaired) electrons. The number of carboxylic acid groups (broad SMARTS) is 1. The van der Waals surface area contributed by atoms with Crippen molar-refractivity contribution >= 4 is 5.97 Å². The molecule has 13 heavy (non-hydrogen) atoms. The number of hydrogen-bond acceptors (Lipinski definition) is 2. The van der Waals surface area contributed by atoms with Gasteiger partial charge < -0.3 is 10.8 Å². The van der Waals surface area contributed by atoms with Gasteiger partial charge in [0.15, 0.2) is 0 Å². The van der Waals surface area contributed by atoms with Crippen molar-refractivity contribution in [1.82, 2.24) is 0 Å². The number of rotatable bonds is 3. The summed E-state index contributed by atoms with van der Waals surface area (Å²) < 4.78 is 0. The molecule has 1 rings (SSSR count). The van der Waals surface area contributed by atoms with Crippen molar-refractivity contribution in [3.8, 4) is 0 Å². The highest BCUT2D eigenvalue weighted by Gasteiger charge is 2.33. The maximum absolute atomic E-state index is 10.9. The third-order valence-corrected chi connectivity index (χ3v) is 2.23. The van der Waals surface area contributed by atoms with Crippen LogP contribution in [0.3, 0.4) is 0 Å². The second kappa shape index (κ2) is 3.58. The Kier molecular flexibility index (Phi) is 2.68. The normalized spacial score (nSPS) is 14.9. The lowest BCUT2D eigenvalue weighted by Gasteiger charge is -2.23. The van der Waals surface area contributed by atoms with Crippen molar-refractivity contribution in [2.45, 2.75) is 18.9 Å². The van der Waals surface area contributed by atoms with Gasteiger partial charge in [-0.05, 0) is 12.0 Å². The fourth-order valence-corrected chi connectivity index (χ4v) is 1.21. The van der Waals surface area contributed by atoms with E-state index in [9.17, 15) is 4.79 Å². The lowest BCUT2D eigenvalue weighted by atomic mass is 9.89. The molecule has 0 spiro atoms. The summed E-state index contributed by atoms with van der Waals surface area (Å²) in [6, 6.07) is 8.88. The Labute approximate surface area is 77.2 Å². The third-order valence-electron chi connectivity index (χ3n) is 2.23. The van der Waals surface area contributed by atoms with Crippen LogP contribution in [0.25, 0.3) is 0 Å². The average molecular weight is 179 g/mol. The highest BCUT2D eigenvalue weighted by Crippen LogP contribution is 2.21. The summed E-state index contributed by atoms with van der Waals surface area (Å²) >= 11 is 0. The van der Waals surface area contributed by atoms with Crippen LogP contribution in [-0.4, -0.2) is 11.1 Å². The van der Waals surface area contributed by atoms with Crippen LogP contribution in [0, 0.1) is 0 Å². The van der Waals surface area contributed by atoms with E-state index in [2.05, 4.69) is 0 Å². The van der Waals surface area contributed by atoms with Crippen molar-refractivity contribution in [2.24, 2.45) is 5.73 Å². The molecule has 0 aliphatic rings. The number of carbonyl (C=O) groups is 1. The Balaban J connectivity index is 3.11. The van der Waals surface area contributed by atoms with Gasteiger partial charge in [0, 0.05) is 0 Å². The standard InChI is InChI=1S/C10H13NO2/c1-2-10(11,9(12)13)8-6-4-3-5-7-8/h3-7H,2,11H2,1H3,(H,12,13)/t10-/m0/s1. The largest absolute Gasteiger partial charge is 0.480 e. The predicted molar refractivity (Wildman–Crippen MR) is 50.2 cm³/mol. The van der Waals surface area contributed by atoms with Gasteiger partial charge in [0.2, 0.25) is 0 Å². The Morgan fingerprint density at radius 1 is 1.46 bits per heavy atom. The number of nitrogens with two attached hydrogens (primary N) is 1. The highest BCUT2D eigenvalue weighted by molar-refractivity contribution is 5.80. The first-order chi connectivity index (χ1) is 6.11. The van der Waals surface area contributed by atoms with E-state index < -0.39 is 11.5 Å². The van der Waals surface area contributed by atoms with E-state index in [0.29, 0.717) is 12.0 Å². The minimum atomic E-state index is -1.25. The summed E-state index contributed by atoms with van der Waals surface area (Å²) in [7, 11) is 0. The van der Waals surface area contributed by atoms with Crippen LogP contribution < -0.4 is 5.73 Å². The van der Waals surface area contributed by atoms with Crippen LogP contribution in [0.4, 0.5) is 0 Å². The number of hydrogen-bond donors (Lipinski definition) is 2. The van der Waals surface area contributed by atoms with Crippen molar-refractivity contribution in [3.05, 3.63) is 35.9 Å². The van der Waals surface area contributed by atoms with Crippen LogP contribution in [0.1, 0.15) is 18.9 Å². The zero-order valence-electron chi connectivity index (χ0n) is 7.53. The first kappa shape index (κ1) is 9.74. The monoisotopic (exact) mass is 179 g/mol. The SMILES string of the molecule is CC[C@@](N)(C(=O)O)c1ccccc1. The van der Waals surface area contributed by atoms with Gasteiger partial charge in [-0.3, -0.25) is 0 Å². The summed E-state index contributed by atoms with van der Waals surface area (Å²) in [6.07, 6.45) is 0.381. The lowest BCUT2D eigenvalue weighted by Crippen LogP contribution is -2.44. The molecular weight excluding hydrogens is 166 g/mol. The molecule has 3 nitrogen and oxygen atoms in total. The first-order valence-electron chi connectivity index (χ1n) is 4.19. The predicted octanol–water partition coefficient (Wildman–Crippen LogP) is 1.34. The van der Waals surface area contributed by atoms with Gasteiger partial charge in [0.25, 0.3) is 0 Å². The van der Waals surface area contributed by atoms with Crippen molar-refractivity contribution in [2.75, 3.05) is 0 Å². The average Bonchev–Trinajstić information content (AvgIpc) is 2.17. The minimum Gasteiger partial charge on any atom is -0.480 e. The van der Waals surface area contributed by atoms with Crippen LogP contribution >= 0.6 is 0 Å². The second-order valence-electron chi connectivity index (χ2n) is 3.00. The van der Waals surface area contributed by atoms with Gasteiger partial charge in [-0.25, -0.2) is 4.79 Å². The Morgan fingerprint density at radius 3 is 2.38 bits per heavy atom. The Bertz CT molecular complexity index is 297. The molecule has 0 aliphatic heterocycles. The van der Waals surface area contributed by atoms with E-state index in [1.807, 2.05) is 6.07 Å². The molecule has 0 aliphatic carbocycles. The molecule has 3 N–H and O–H groups in total. The molecule has 1 aromatic carbocycles. The van der Waals surface area contributed by atoms with Crippen molar-refractivity contribution < 1.29 is 9.90 Å². The maximum Gasteiger partial charge on any atom is 0.328 e. The molecule has 0 saturated heterocycles. The Hall–Kier alpha value is -1.35. The molecule has 0 unspecified atom stereocenters. The van der Waals surface area contributed by atoms with Gasteiger partial charge in [-0.1, -0.05) is 37.3 Å². The molecule has 1 aromatic rings. The van der Waals surface area contributed by atoms with E-state index in [0.717, 1.165) is 0 Å². The maximum atomic E-state index is 10.9. The van der Waals surface area contributed by atoms with Gasteiger partial charge in [-0.15, -0.1) is 0 Å². The van der Waals surface area contributed by atoms with Crippen LogP contribution in [0.5, 0.6) is 0 Å². The molecule has 0 fully saturated rings. The molecule has 0 bridgehead atoms. The van der Waals surface area contributed by atoms with Crippen molar-refractivity contribution in [3.63, 3.8) is 0 Å². The number of aliphatic carboxylic acids is 1. The fourth-order valence-electron chi connectivity index (χ4n) is 1.21. The molecular formula is C10H13NO2. The van der Waals surface area contributed by atoms with Gasteiger partial charge in [0.1, 0.15) is 5.54 Å². The van der Waals surface area contributed by atoms with E-state index in [1.54, 1.807) is 31.2 Å². The van der Waals surface area contributed by atoms with E-state index >= 15 is 0 Å². The summed E-state index contributed by atoms with van der Waals surface area (Å²) in [5.41, 5.74) is 5.16. The summed E-state index contributed by atoms with van der Waals surface area (Å²) in [6.45, 7) is 1.76. The topological polar surface area (TPSA) is 63.3 Å². The lowest BCUT2D eigenvalue weighted by molar-refractivity contribution is -0.143. The molecule has 70 valence electrons. The number of benzene rings is 1. The zero-order valence-corrected chi connectivity index (χ0v) is 7.53.